The van der Waals surface area contributed by atoms with Gasteiger partial charge in [-0.25, -0.2) is 9.78 Å². The highest BCUT2D eigenvalue weighted by molar-refractivity contribution is 6.20. The molecule has 0 unspecified atom stereocenters. The number of para-hydroxylation sites is 2. The lowest BCUT2D eigenvalue weighted by Crippen LogP contribution is -1.99. The fourth-order valence-electron chi connectivity index (χ4n) is 3.83. The Morgan fingerprint density at radius 1 is 0.719 bits per heavy atom. The predicted octanol–water partition coefficient (Wildman–Crippen LogP) is 6.76. The molecule has 32 heavy (non-hydrogen) atoms. The minimum atomic E-state index is -0.951. The first-order chi connectivity index (χ1) is 15.7. The van der Waals surface area contributed by atoms with Gasteiger partial charge in [0, 0.05) is 16.5 Å². The average molecular weight is 416 g/mol. The van der Waals surface area contributed by atoms with Crippen LogP contribution in [-0.2, 0) is 4.79 Å². The van der Waals surface area contributed by atoms with Crippen LogP contribution in [0.4, 0.5) is 11.4 Å². The highest BCUT2D eigenvalue weighted by atomic mass is 16.4. The van der Waals surface area contributed by atoms with E-state index in [0.717, 1.165) is 38.7 Å². The number of hydrogen-bond donors (Lipinski definition) is 2. The molecular formula is C28H20N2O2. The summed E-state index contributed by atoms with van der Waals surface area (Å²) in [6.45, 7) is 0. The van der Waals surface area contributed by atoms with Crippen LogP contribution >= 0.6 is 0 Å². The van der Waals surface area contributed by atoms with Crippen LogP contribution in [-0.4, -0.2) is 16.1 Å². The summed E-state index contributed by atoms with van der Waals surface area (Å²) >= 11 is 0. The first-order valence-electron chi connectivity index (χ1n) is 10.3. The Bertz CT molecular complexity index is 1400. The van der Waals surface area contributed by atoms with Gasteiger partial charge in [-0.15, -0.1) is 0 Å². The molecule has 5 aromatic rings. The number of aromatic nitrogens is 1. The maximum absolute atomic E-state index is 11.8. The molecule has 0 amide bonds. The molecule has 5 rings (SSSR count). The van der Waals surface area contributed by atoms with Gasteiger partial charge in [0.2, 0.25) is 0 Å². The molecule has 154 valence electrons. The number of benzene rings is 4. The van der Waals surface area contributed by atoms with Gasteiger partial charge >= 0.3 is 5.97 Å². The van der Waals surface area contributed by atoms with Gasteiger partial charge in [0.25, 0.3) is 0 Å². The van der Waals surface area contributed by atoms with Crippen molar-refractivity contribution in [2.75, 3.05) is 5.32 Å². The summed E-state index contributed by atoms with van der Waals surface area (Å²) in [5.74, 6) is -0.951. The van der Waals surface area contributed by atoms with Crippen molar-refractivity contribution in [1.29, 1.82) is 0 Å². The lowest BCUT2D eigenvalue weighted by atomic mass is 10.0. The van der Waals surface area contributed by atoms with E-state index in [1.54, 1.807) is 18.2 Å². The molecule has 4 aromatic carbocycles. The van der Waals surface area contributed by atoms with Gasteiger partial charge in [-0.2, -0.15) is 0 Å². The van der Waals surface area contributed by atoms with Gasteiger partial charge in [-0.05, 0) is 41.5 Å². The molecule has 0 aliphatic carbocycles. The van der Waals surface area contributed by atoms with Crippen LogP contribution in [0.1, 0.15) is 11.1 Å². The number of aliphatic carboxylic acids is 1. The third-order valence-corrected chi connectivity index (χ3v) is 5.39. The Morgan fingerprint density at radius 3 is 1.88 bits per heavy atom. The van der Waals surface area contributed by atoms with E-state index in [2.05, 4.69) is 17.4 Å². The lowest BCUT2D eigenvalue weighted by molar-refractivity contribution is -0.130. The highest BCUT2D eigenvalue weighted by Gasteiger charge is 2.11. The molecular weight excluding hydrogens is 396 g/mol. The van der Waals surface area contributed by atoms with Crippen molar-refractivity contribution in [3.05, 3.63) is 114 Å². The predicted molar refractivity (Wildman–Crippen MR) is 131 cm³/mol. The van der Waals surface area contributed by atoms with Crippen molar-refractivity contribution in [2.24, 2.45) is 0 Å². The summed E-state index contributed by atoms with van der Waals surface area (Å²) in [5.41, 5.74) is 5.55. The fraction of sp³-hybridized carbons (Fsp3) is 0. The molecule has 0 aliphatic rings. The Balaban J connectivity index is 1.52. The minimum absolute atomic E-state index is 0.262. The first-order valence-corrected chi connectivity index (χ1v) is 10.3. The lowest BCUT2D eigenvalue weighted by Gasteiger charge is -2.13. The fourth-order valence-corrected chi connectivity index (χ4v) is 3.83. The van der Waals surface area contributed by atoms with E-state index in [-0.39, 0.29) is 5.57 Å². The SMILES string of the molecule is O=C(O)/C(=C/c1ccc(Nc2c3ccccc3nc3ccccc23)cc1)c1ccccc1. The highest BCUT2D eigenvalue weighted by Crippen LogP contribution is 2.33. The van der Waals surface area contributed by atoms with Crippen molar-refractivity contribution < 1.29 is 9.90 Å². The van der Waals surface area contributed by atoms with Crippen LogP contribution in [0.25, 0.3) is 33.5 Å². The summed E-state index contributed by atoms with van der Waals surface area (Å²) in [4.78, 5) is 16.5. The molecule has 0 atom stereocenters. The largest absolute Gasteiger partial charge is 0.478 e. The van der Waals surface area contributed by atoms with E-state index < -0.39 is 5.97 Å². The van der Waals surface area contributed by atoms with E-state index in [4.69, 9.17) is 4.98 Å². The van der Waals surface area contributed by atoms with Crippen LogP contribution in [0.5, 0.6) is 0 Å². The van der Waals surface area contributed by atoms with Crippen molar-refractivity contribution in [3.63, 3.8) is 0 Å². The van der Waals surface area contributed by atoms with E-state index in [0.29, 0.717) is 5.56 Å². The Morgan fingerprint density at radius 2 is 1.28 bits per heavy atom. The maximum Gasteiger partial charge on any atom is 0.336 e. The number of pyridine rings is 1. The number of nitrogens with one attached hydrogen (secondary N) is 1. The summed E-state index contributed by atoms with van der Waals surface area (Å²) in [7, 11) is 0. The summed E-state index contributed by atoms with van der Waals surface area (Å²) in [6, 6.07) is 33.0. The van der Waals surface area contributed by atoms with E-state index >= 15 is 0 Å². The van der Waals surface area contributed by atoms with Crippen molar-refractivity contribution in [2.45, 2.75) is 0 Å². The molecule has 1 heterocycles. The number of carboxylic acid groups (broad SMARTS) is 1. The summed E-state index contributed by atoms with van der Waals surface area (Å²) in [5, 5.41) is 15.3. The number of hydrogen-bond acceptors (Lipinski definition) is 3. The summed E-state index contributed by atoms with van der Waals surface area (Å²) in [6.07, 6.45) is 1.69. The van der Waals surface area contributed by atoms with Crippen LogP contribution in [0.3, 0.4) is 0 Å². The second-order valence-electron chi connectivity index (χ2n) is 7.50. The molecule has 0 radical (unpaired) electrons. The van der Waals surface area contributed by atoms with Gasteiger partial charge in [-0.3, -0.25) is 0 Å². The molecule has 1 aromatic heterocycles. The molecule has 0 fully saturated rings. The molecule has 2 N–H and O–H groups in total. The van der Waals surface area contributed by atoms with Gasteiger partial charge in [0.15, 0.2) is 0 Å². The monoisotopic (exact) mass is 416 g/mol. The Kier molecular flexibility index (Phi) is 5.10. The Labute approximate surface area is 185 Å². The Hall–Kier alpha value is -4.44. The molecule has 0 saturated heterocycles. The number of carbonyl (C=O) groups is 1. The second kappa shape index (κ2) is 8.36. The van der Waals surface area contributed by atoms with Crippen LogP contribution in [0.2, 0.25) is 0 Å². The van der Waals surface area contributed by atoms with Crippen LogP contribution in [0.15, 0.2) is 103 Å². The average Bonchev–Trinajstić information content (AvgIpc) is 2.83. The zero-order chi connectivity index (χ0) is 21.9. The van der Waals surface area contributed by atoms with Crippen LogP contribution in [0, 0.1) is 0 Å². The maximum atomic E-state index is 11.8. The zero-order valence-electron chi connectivity index (χ0n) is 17.2. The molecule has 4 heteroatoms. The van der Waals surface area contributed by atoms with E-state index in [1.165, 1.54) is 0 Å². The number of fused-ring (bicyclic) bond motifs is 2. The molecule has 0 aliphatic heterocycles. The van der Waals surface area contributed by atoms with E-state index in [1.807, 2.05) is 78.9 Å². The van der Waals surface area contributed by atoms with Crippen molar-refractivity contribution in [3.8, 4) is 0 Å². The number of rotatable bonds is 5. The first kappa shape index (κ1) is 19.5. The molecule has 4 nitrogen and oxygen atoms in total. The number of nitrogens with zero attached hydrogens (tertiary/aromatic N) is 1. The van der Waals surface area contributed by atoms with Crippen LogP contribution < -0.4 is 5.32 Å². The van der Waals surface area contributed by atoms with Gasteiger partial charge in [0.05, 0.1) is 22.3 Å². The topological polar surface area (TPSA) is 62.2 Å². The van der Waals surface area contributed by atoms with Crippen molar-refractivity contribution in [1.82, 2.24) is 4.98 Å². The van der Waals surface area contributed by atoms with Gasteiger partial charge < -0.3 is 10.4 Å². The third kappa shape index (κ3) is 3.82. The standard InChI is InChI=1S/C28H20N2O2/c31-28(32)24(20-8-2-1-3-9-20)18-19-14-16-21(17-15-19)29-27-22-10-4-6-12-25(22)30-26-13-7-5-11-23(26)27/h1-18H,(H,29,30)(H,31,32)/b24-18+. The third-order valence-electron chi connectivity index (χ3n) is 5.39. The van der Waals surface area contributed by atoms with Gasteiger partial charge in [-0.1, -0.05) is 78.9 Å². The number of anilines is 2. The molecule has 0 bridgehead atoms. The minimum Gasteiger partial charge on any atom is -0.478 e. The van der Waals surface area contributed by atoms with Crippen molar-refractivity contribution >= 4 is 50.8 Å². The molecule has 0 spiro atoms. The smallest absolute Gasteiger partial charge is 0.336 e. The number of carboxylic acids is 1. The normalized spacial score (nSPS) is 11.6. The second-order valence-corrected chi connectivity index (χ2v) is 7.50. The zero-order valence-corrected chi connectivity index (χ0v) is 17.2. The quantitative estimate of drug-likeness (QED) is 0.189. The molecule has 0 saturated carbocycles. The van der Waals surface area contributed by atoms with Gasteiger partial charge in [0.1, 0.15) is 0 Å². The van der Waals surface area contributed by atoms with E-state index in [9.17, 15) is 9.90 Å². The summed E-state index contributed by atoms with van der Waals surface area (Å²) < 4.78 is 0.